The summed E-state index contributed by atoms with van der Waals surface area (Å²) in [7, 11) is 1.59. The molecule has 0 aromatic carbocycles. The highest BCUT2D eigenvalue weighted by molar-refractivity contribution is 14.1. The lowest BCUT2D eigenvalue weighted by Crippen LogP contribution is -2.32. The SMILES string of the molecule is COCCNC(=O)CNc1ncc(I)cn1. The van der Waals surface area contributed by atoms with Crippen molar-refractivity contribution in [3.63, 3.8) is 0 Å². The maximum atomic E-state index is 11.3. The standard InChI is InChI=1S/C9H13IN4O2/c1-16-3-2-11-8(15)6-14-9-12-4-7(10)5-13-9/h4-5H,2-3,6H2,1H3,(H,11,15)(H,12,13,14). The van der Waals surface area contributed by atoms with Crippen LogP contribution in [0, 0.1) is 3.57 Å². The first-order valence-electron chi connectivity index (χ1n) is 4.69. The van der Waals surface area contributed by atoms with Gasteiger partial charge in [-0.25, -0.2) is 9.97 Å². The molecule has 0 aliphatic heterocycles. The van der Waals surface area contributed by atoms with Crippen molar-refractivity contribution in [2.45, 2.75) is 0 Å². The second kappa shape index (κ2) is 7.34. The van der Waals surface area contributed by atoms with Crippen LogP contribution in [0.25, 0.3) is 0 Å². The van der Waals surface area contributed by atoms with Gasteiger partial charge in [0.25, 0.3) is 0 Å². The molecule has 1 aromatic rings. The van der Waals surface area contributed by atoms with E-state index >= 15 is 0 Å². The Morgan fingerprint density at radius 1 is 1.50 bits per heavy atom. The summed E-state index contributed by atoms with van der Waals surface area (Å²) in [5, 5.41) is 5.50. The summed E-state index contributed by atoms with van der Waals surface area (Å²) < 4.78 is 5.76. The predicted molar refractivity (Wildman–Crippen MR) is 68.1 cm³/mol. The van der Waals surface area contributed by atoms with Gasteiger partial charge < -0.3 is 15.4 Å². The average Bonchev–Trinajstić information content (AvgIpc) is 2.29. The zero-order chi connectivity index (χ0) is 11.8. The van der Waals surface area contributed by atoms with E-state index in [1.165, 1.54) is 0 Å². The van der Waals surface area contributed by atoms with Gasteiger partial charge in [0.1, 0.15) is 0 Å². The molecule has 2 N–H and O–H groups in total. The minimum absolute atomic E-state index is 0.112. The number of carbonyl (C=O) groups excluding carboxylic acids is 1. The van der Waals surface area contributed by atoms with Gasteiger partial charge in [0, 0.05) is 29.6 Å². The first-order valence-corrected chi connectivity index (χ1v) is 5.77. The zero-order valence-electron chi connectivity index (χ0n) is 8.86. The largest absolute Gasteiger partial charge is 0.383 e. The highest BCUT2D eigenvalue weighted by Gasteiger charge is 2.01. The summed E-state index contributed by atoms with van der Waals surface area (Å²) in [6.45, 7) is 1.17. The monoisotopic (exact) mass is 336 g/mol. The Bertz CT molecular complexity index is 331. The molecule has 0 aliphatic rings. The van der Waals surface area contributed by atoms with Gasteiger partial charge in [-0.1, -0.05) is 0 Å². The van der Waals surface area contributed by atoms with Gasteiger partial charge in [-0.3, -0.25) is 4.79 Å². The van der Waals surface area contributed by atoms with Crippen LogP contribution in [0.3, 0.4) is 0 Å². The van der Waals surface area contributed by atoms with Crippen molar-refractivity contribution in [3.05, 3.63) is 16.0 Å². The molecule has 0 fully saturated rings. The number of amides is 1. The summed E-state index contributed by atoms with van der Waals surface area (Å²) in [5.41, 5.74) is 0. The third-order valence-corrected chi connectivity index (χ3v) is 2.21. The quantitative estimate of drug-likeness (QED) is 0.576. The molecule has 0 radical (unpaired) electrons. The van der Waals surface area contributed by atoms with Crippen LogP contribution < -0.4 is 10.6 Å². The van der Waals surface area contributed by atoms with Gasteiger partial charge in [0.15, 0.2) is 0 Å². The number of anilines is 1. The molecule has 0 spiro atoms. The number of hydrogen-bond acceptors (Lipinski definition) is 5. The van der Waals surface area contributed by atoms with Crippen LogP contribution in [0.4, 0.5) is 5.95 Å². The van der Waals surface area contributed by atoms with Crippen molar-refractivity contribution < 1.29 is 9.53 Å². The van der Waals surface area contributed by atoms with E-state index in [-0.39, 0.29) is 12.5 Å². The van der Waals surface area contributed by atoms with E-state index in [0.29, 0.717) is 19.1 Å². The topological polar surface area (TPSA) is 76.1 Å². The normalized spacial score (nSPS) is 9.88. The molecular weight excluding hydrogens is 323 g/mol. The Kier molecular flexibility index (Phi) is 6.01. The second-order valence-electron chi connectivity index (χ2n) is 2.92. The van der Waals surface area contributed by atoms with Crippen molar-refractivity contribution >= 4 is 34.4 Å². The zero-order valence-corrected chi connectivity index (χ0v) is 11.0. The van der Waals surface area contributed by atoms with Crippen LogP contribution in [-0.2, 0) is 9.53 Å². The van der Waals surface area contributed by atoms with Crippen molar-refractivity contribution in [2.24, 2.45) is 0 Å². The molecule has 1 aromatic heterocycles. The van der Waals surface area contributed by atoms with Gasteiger partial charge in [0.2, 0.25) is 11.9 Å². The fourth-order valence-corrected chi connectivity index (χ4v) is 1.20. The number of nitrogens with zero attached hydrogens (tertiary/aromatic N) is 2. The molecule has 0 saturated heterocycles. The van der Waals surface area contributed by atoms with Crippen molar-refractivity contribution in [1.82, 2.24) is 15.3 Å². The molecule has 6 nitrogen and oxygen atoms in total. The summed E-state index contributed by atoms with van der Waals surface area (Å²) in [6.07, 6.45) is 3.36. The van der Waals surface area contributed by atoms with E-state index in [1.54, 1.807) is 19.5 Å². The predicted octanol–water partition coefficient (Wildman–Crippen LogP) is 0.256. The highest BCUT2D eigenvalue weighted by Crippen LogP contribution is 2.01. The number of methoxy groups -OCH3 is 1. The van der Waals surface area contributed by atoms with E-state index in [1.807, 2.05) is 0 Å². The Balaban J connectivity index is 2.23. The molecule has 1 rings (SSSR count). The van der Waals surface area contributed by atoms with E-state index in [9.17, 15) is 4.79 Å². The molecule has 16 heavy (non-hydrogen) atoms. The maximum Gasteiger partial charge on any atom is 0.239 e. The number of aromatic nitrogens is 2. The van der Waals surface area contributed by atoms with Gasteiger partial charge >= 0.3 is 0 Å². The van der Waals surface area contributed by atoms with E-state index < -0.39 is 0 Å². The fourth-order valence-electron chi connectivity index (χ4n) is 0.918. The van der Waals surface area contributed by atoms with Crippen molar-refractivity contribution in [3.8, 4) is 0 Å². The van der Waals surface area contributed by atoms with Crippen LogP contribution >= 0.6 is 22.6 Å². The molecule has 1 amide bonds. The van der Waals surface area contributed by atoms with Crippen LogP contribution in [0.2, 0.25) is 0 Å². The third-order valence-electron chi connectivity index (χ3n) is 1.66. The van der Waals surface area contributed by atoms with Crippen molar-refractivity contribution in [2.75, 3.05) is 32.1 Å². The van der Waals surface area contributed by atoms with Gasteiger partial charge in [-0.05, 0) is 22.6 Å². The minimum Gasteiger partial charge on any atom is -0.383 e. The molecule has 0 aliphatic carbocycles. The highest BCUT2D eigenvalue weighted by atomic mass is 127. The first kappa shape index (κ1) is 13.1. The molecule has 0 saturated carbocycles. The number of hydrogen-bond donors (Lipinski definition) is 2. The Hall–Kier alpha value is -0.960. The molecule has 0 atom stereocenters. The number of ether oxygens (including phenoxy) is 1. The first-order chi connectivity index (χ1) is 7.72. The Morgan fingerprint density at radius 2 is 2.19 bits per heavy atom. The summed E-state index contributed by atoms with van der Waals surface area (Å²) >= 11 is 2.11. The number of nitrogens with one attached hydrogen (secondary N) is 2. The number of rotatable bonds is 6. The summed E-state index contributed by atoms with van der Waals surface area (Å²) in [5.74, 6) is 0.335. The molecule has 7 heteroatoms. The molecule has 0 unspecified atom stereocenters. The van der Waals surface area contributed by atoms with Crippen LogP contribution in [0.15, 0.2) is 12.4 Å². The Morgan fingerprint density at radius 3 is 2.81 bits per heavy atom. The summed E-state index contributed by atoms with van der Waals surface area (Å²) in [4.78, 5) is 19.3. The number of halogens is 1. The molecule has 1 heterocycles. The maximum absolute atomic E-state index is 11.3. The van der Waals surface area contributed by atoms with Crippen LogP contribution in [0.5, 0.6) is 0 Å². The third kappa shape index (κ3) is 5.21. The lowest BCUT2D eigenvalue weighted by Gasteiger charge is -2.05. The lowest BCUT2D eigenvalue weighted by molar-refractivity contribution is -0.119. The molecule has 0 bridgehead atoms. The minimum atomic E-state index is -0.112. The van der Waals surface area contributed by atoms with E-state index in [2.05, 4.69) is 43.2 Å². The fraction of sp³-hybridized carbons (Fsp3) is 0.444. The Labute approximate surface area is 107 Å². The van der Waals surface area contributed by atoms with Crippen LogP contribution in [-0.4, -0.2) is 42.7 Å². The summed E-state index contributed by atoms with van der Waals surface area (Å²) in [6, 6.07) is 0. The lowest BCUT2D eigenvalue weighted by atomic mass is 10.5. The number of carbonyl (C=O) groups is 1. The van der Waals surface area contributed by atoms with Crippen LogP contribution in [0.1, 0.15) is 0 Å². The molecule has 88 valence electrons. The van der Waals surface area contributed by atoms with Gasteiger partial charge in [0.05, 0.1) is 13.2 Å². The average molecular weight is 336 g/mol. The smallest absolute Gasteiger partial charge is 0.239 e. The van der Waals surface area contributed by atoms with E-state index in [0.717, 1.165) is 3.57 Å². The van der Waals surface area contributed by atoms with E-state index in [4.69, 9.17) is 4.74 Å². The van der Waals surface area contributed by atoms with Gasteiger partial charge in [-0.15, -0.1) is 0 Å². The van der Waals surface area contributed by atoms with Crippen molar-refractivity contribution in [1.29, 1.82) is 0 Å². The van der Waals surface area contributed by atoms with Gasteiger partial charge in [-0.2, -0.15) is 0 Å². The molecular formula is C9H13IN4O2. The second-order valence-corrected chi connectivity index (χ2v) is 4.17.